The molecule has 0 radical (unpaired) electrons. The van der Waals surface area contributed by atoms with E-state index in [1.54, 1.807) is 18.3 Å². The van der Waals surface area contributed by atoms with Crippen molar-refractivity contribution >= 4 is 33.3 Å². The van der Waals surface area contributed by atoms with E-state index in [4.69, 9.17) is 4.74 Å². The molecule has 1 aliphatic carbocycles. The first-order chi connectivity index (χ1) is 13.3. The monoisotopic (exact) mass is 399 g/mol. The first-order valence-corrected chi connectivity index (χ1v) is 10.1. The number of fused-ring (bicyclic) bond motifs is 3. The predicted octanol–water partition coefficient (Wildman–Crippen LogP) is 3.56. The molecule has 0 unspecified atom stereocenters. The van der Waals surface area contributed by atoms with Gasteiger partial charge in [-0.1, -0.05) is 6.92 Å². The molecule has 3 aromatic rings. The Morgan fingerprint density at radius 2 is 2.18 bits per heavy atom. The van der Waals surface area contributed by atoms with Gasteiger partial charge in [-0.05, 0) is 50.7 Å². The number of esters is 1. The molecule has 3 aromatic heterocycles. The van der Waals surface area contributed by atoms with Crippen LogP contribution in [-0.4, -0.2) is 26.7 Å². The van der Waals surface area contributed by atoms with Gasteiger partial charge in [-0.2, -0.15) is 0 Å². The van der Waals surface area contributed by atoms with E-state index < -0.39 is 12.1 Å². The zero-order chi connectivity index (χ0) is 20.0. The summed E-state index contributed by atoms with van der Waals surface area (Å²) in [6, 6.07) is 1.45. The first-order valence-electron chi connectivity index (χ1n) is 9.28. The zero-order valence-electron chi connectivity index (χ0n) is 15.9. The number of rotatable bonds is 4. The van der Waals surface area contributed by atoms with Crippen LogP contribution >= 0.6 is 11.3 Å². The number of carbonyl (C=O) groups is 2. The third-order valence-corrected chi connectivity index (χ3v) is 6.31. The number of nitrogens with zero attached hydrogens (tertiary/aromatic N) is 1. The van der Waals surface area contributed by atoms with Gasteiger partial charge < -0.3 is 14.7 Å². The van der Waals surface area contributed by atoms with Gasteiger partial charge in [0.25, 0.3) is 5.56 Å². The fourth-order valence-electron chi connectivity index (χ4n) is 3.55. The lowest BCUT2D eigenvalue weighted by atomic mass is 9.89. The molecule has 146 valence electrons. The summed E-state index contributed by atoms with van der Waals surface area (Å²) >= 11 is 1.56. The maximum absolute atomic E-state index is 12.7. The van der Waals surface area contributed by atoms with E-state index in [0.29, 0.717) is 27.5 Å². The summed E-state index contributed by atoms with van der Waals surface area (Å²) in [6.45, 7) is 5.30. The lowest BCUT2D eigenvalue weighted by Crippen LogP contribution is -2.18. The zero-order valence-corrected chi connectivity index (χ0v) is 16.7. The van der Waals surface area contributed by atoms with E-state index in [-0.39, 0.29) is 17.0 Å². The summed E-state index contributed by atoms with van der Waals surface area (Å²) in [5.41, 5.74) is 1.52. The van der Waals surface area contributed by atoms with Gasteiger partial charge >= 0.3 is 5.97 Å². The molecule has 4 rings (SSSR count). The second-order valence-corrected chi connectivity index (χ2v) is 8.47. The van der Waals surface area contributed by atoms with Crippen LogP contribution in [0.15, 0.2) is 17.1 Å². The number of aryl methyl sites for hydroxylation is 1. The Kier molecular flexibility index (Phi) is 4.66. The molecule has 1 aliphatic rings. The molecule has 8 heteroatoms. The molecule has 2 atom stereocenters. The van der Waals surface area contributed by atoms with Crippen molar-refractivity contribution in [2.75, 3.05) is 0 Å². The van der Waals surface area contributed by atoms with E-state index in [9.17, 15) is 14.4 Å². The average Bonchev–Trinajstić information content (AvgIpc) is 3.25. The standard InChI is InChI=1S/C20H21N3O4S/c1-9-4-5-13-15(6-9)28-19-16(13)18(25)22-17(23-19)11(3)27-20(26)14-7-12(8-21-14)10(2)24/h7-9,11,21H,4-6H2,1-3H3,(H,22,23,25)/t9-,11-/m1/s1. The van der Waals surface area contributed by atoms with Crippen LogP contribution in [0.4, 0.5) is 0 Å². The van der Waals surface area contributed by atoms with E-state index in [1.165, 1.54) is 24.1 Å². The normalized spacial score (nSPS) is 17.3. The number of ketones is 1. The van der Waals surface area contributed by atoms with Crippen LogP contribution in [0.1, 0.15) is 70.4 Å². The van der Waals surface area contributed by atoms with Crippen LogP contribution in [0, 0.1) is 5.92 Å². The third kappa shape index (κ3) is 3.28. The molecule has 0 saturated carbocycles. The van der Waals surface area contributed by atoms with E-state index in [1.807, 2.05) is 0 Å². The largest absolute Gasteiger partial charge is 0.450 e. The molecule has 0 aromatic carbocycles. The van der Waals surface area contributed by atoms with Gasteiger partial charge in [-0.25, -0.2) is 9.78 Å². The second kappa shape index (κ2) is 7.01. The lowest BCUT2D eigenvalue weighted by molar-refractivity contribution is 0.0314. The SMILES string of the molecule is CC(=O)c1c[nH]c(C(=O)O[C@H](C)c2nc3sc4c(c3c(=O)[nH]2)CC[C@@H](C)C4)c1. The van der Waals surface area contributed by atoms with E-state index in [2.05, 4.69) is 21.9 Å². The lowest BCUT2D eigenvalue weighted by Gasteiger charge is -2.17. The van der Waals surface area contributed by atoms with Crippen molar-refractivity contribution in [3.8, 4) is 0 Å². The molecule has 0 spiro atoms. The number of Topliss-reactive ketones (excluding diaryl/α,β-unsaturated/α-hetero) is 1. The van der Waals surface area contributed by atoms with Gasteiger partial charge in [0.1, 0.15) is 10.5 Å². The molecule has 2 N–H and O–H groups in total. The highest BCUT2D eigenvalue weighted by Gasteiger charge is 2.25. The maximum atomic E-state index is 12.7. The number of aromatic nitrogens is 3. The quantitative estimate of drug-likeness (QED) is 0.515. The average molecular weight is 399 g/mol. The first kappa shape index (κ1) is 18.6. The summed E-state index contributed by atoms with van der Waals surface area (Å²) in [7, 11) is 0. The van der Waals surface area contributed by atoms with Crippen molar-refractivity contribution in [2.24, 2.45) is 5.92 Å². The Morgan fingerprint density at radius 1 is 1.39 bits per heavy atom. The maximum Gasteiger partial charge on any atom is 0.355 e. The molecule has 0 saturated heterocycles. The molecule has 0 fully saturated rings. The summed E-state index contributed by atoms with van der Waals surface area (Å²) in [4.78, 5) is 48.4. The minimum Gasteiger partial charge on any atom is -0.450 e. The number of carbonyl (C=O) groups excluding carboxylic acids is 2. The van der Waals surface area contributed by atoms with Crippen LogP contribution in [-0.2, 0) is 17.6 Å². The summed E-state index contributed by atoms with van der Waals surface area (Å²) < 4.78 is 5.43. The summed E-state index contributed by atoms with van der Waals surface area (Å²) in [5.74, 6) is 0.174. The Balaban J connectivity index is 1.60. The van der Waals surface area contributed by atoms with E-state index >= 15 is 0 Å². The fraction of sp³-hybridized carbons (Fsp3) is 0.400. The van der Waals surface area contributed by atoms with Crippen LogP contribution in [0.25, 0.3) is 10.2 Å². The number of ether oxygens (including phenoxy) is 1. The van der Waals surface area contributed by atoms with Crippen LogP contribution in [0.2, 0.25) is 0 Å². The Hall–Kier alpha value is -2.74. The molecular formula is C20H21N3O4S. The number of H-pyrrole nitrogens is 2. The highest BCUT2D eigenvalue weighted by molar-refractivity contribution is 7.18. The van der Waals surface area contributed by atoms with Crippen molar-refractivity contribution in [1.29, 1.82) is 0 Å². The van der Waals surface area contributed by atoms with Crippen molar-refractivity contribution in [2.45, 2.75) is 46.1 Å². The smallest absolute Gasteiger partial charge is 0.355 e. The highest BCUT2D eigenvalue weighted by atomic mass is 32.1. The minimum absolute atomic E-state index is 0.143. The van der Waals surface area contributed by atoms with E-state index in [0.717, 1.165) is 24.8 Å². The van der Waals surface area contributed by atoms with Crippen molar-refractivity contribution in [3.05, 3.63) is 50.1 Å². The molecule has 0 bridgehead atoms. The van der Waals surface area contributed by atoms with Gasteiger partial charge in [0.05, 0.1) is 5.39 Å². The van der Waals surface area contributed by atoms with Crippen molar-refractivity contribution < 1.29 is 14.3 Å². The number of aromatic amines is 2. The highest BCUT2D eigenvalue weighted by Crippen LogP contribution is 2.36. The fourth-order valence-corrected chi connectivity index (χ4v) is 4.94. The predicted molar refractivity (Wildman–Crippen MR) is 106 cm³/mol. The Labute approximate surface area is 165 Å². The van der Waals surface area contributed by atoms with Gasteiger partial charge in [0.15, 0.2) is 17.7 Å². The van der Waals surface area contributed by atoms with Gasteiger partial charge in [0.2, 0.25) is 0 Å². The Morgan fingerprint density at radius 3 is 2.89 bits per heavy atom. The summed E-state index contributed by atoms with van der Waals surface area (Å²) in [6.07, 6.45) is 3.68. The molecule has 7 nitrogen and oxygen atoms in total. The van der Waals surface area contributed by atoms with Gasteiger partial charge in [-0.3, -0.25) is 9.59 Å². The molecule has 28 heavy (non-hydrogen) atoms. The number of hydrogen-bond acceptors (Lipinski definition) is 6. The summed E-state index contributed by atoms with van der Waals surface area (Å²) in [5, 5.41) is 0.671. The topological polar surface area (TPSA) is 105 Å². The number of hydrogen-bond donors (Lipinski definition) is 2. The van der Waals surface area contributed by atoms with Gasteiger partial charge in [-0.15, -0.1) is 11.3 Å². The molecule has 0 aliphatic heterocycles. The van der Waals surface area contributed by atoms with Crippen molar-refractivity contribution in [1.82, 2.24) is 15.0 Å². The van der Waals surface area contributed by atoms with Crippen molar-refractivity contribution in [3.63, 3.8) is 0 Å². The van der Waals surface area contributed by atoms with Crippen LogP contribution in [0.3, 0.4) is 0 Å². The van der Waals surface area contributed by atoms with Gasteiger partial charge in [0, 0.05) is 16.6 Å². The molecule has 3 heterocycles. The Bertz CT molecular complexity index is 1140. The third-order valence-electron chi connectivity index (χ3n) is 5.16. The molecular weight excluding hydrogens is 378 g/mol. The number of thiophene rings is 1. The molecule has 0 amide bonds. The second-order valence-electron chi connectivity index (χ2n) is 7.39. The number of nitrogens with one attached hydrogen (secondary N) is 2. The van der Waals surface area contributed by atoms with Crippen LogP contribution < -0.4 is 5.56 Å². The minimum atomic E-state index is -0.730. The van der Waals surface area contributed by atoms with Crippen LogP contribution in [0.5, 0.6) is 0 Å².